The molecule has 1 saturated heterocycles. The Kier molecular flexibility index (Phi) is 5.01. The van der Waals surface area contributed by atoms with Gasteiger partial charge in [0, 0.05) is 25.7 Å². The van der Waals surface area contributed by atoms with Crippen molar-refractivity contribution in [2.75, 3.05) is 13.1 Å². The summed E-state index contributed by atoms with van der Waals surface area (Å²) in [7, 11) is 0. The zero-order valence-electron chi connectivity index (χ0n) is 14.9. The number of piperidine rings is 1. The molecule has 134 valence electrons. The molecule has 0 atom stereocenters. The fourth-order valence-corrected chi connectivity index (χ4v) is 2.83. The lowest BCUT2D eigenvalue weighted by Crippen LogP contribution is -2.42. The Hall–Kier alpha value is -2.44. The average Bonchev–Trinajstić information content (AvgIpc) is 3.03. The summed E-state index contributed by atoms with van der Waals surface area (Å²) in [6.45, 7) is 7.03. The highest BCUT2D eigenvalue weighted by molar-refractivity contribution is 5.68. The Morgan fingerprint density at radius 3 is 2.72 bits per heavy atom. The number of carbonyl (C=O) groups excluding carboxylic acids is 1. The van der Waals surface area contributed by atoms with Gasteiger partial charge in [-0.3, -0.25) is 4.98 Å². The monoisotopic (exact) mass is 344 g/mol. The van der Waals surface area contributed by atoms with Crippen LogP contribution < -0.4 is 0 Å². The SMILES string of the molecule is CC(C)(C)OC(=O)N1CCC(Cc2nc(-c3ccccn3)no2)CC1. The third-order valence-corrected chi connectivity index (χ3v) is 4.09. The molecule has 1 aliphatic rings. The molecule has 0 radical (unpaired) electrons. The first-order chi connectivity index (χ1) is 11.9. The molecule has 2 aromatic rings. The maximum Gasteiger partial charge on any atom is 0.410 e. The molecule has 2 aromatic heterocycles. The molecule has 3 heterocycles. The van der Waals surface area contributed by atoms with Crippen molar-refractivity contribution in [1.82, 2.24) is 20.0 Å². The third-order valence-electron chi connectivity index (χ3n) is 4.09. The van der Waals surface area contributed by atoms with Crippen LogP contribution in [-0.2, 0) is 11.2 Å². The molecule has 7 heteroatoms. The van der Waals surface area contributed by atoms with Crippen LogP contribution in [0.3, 0.4) is 0 Å². The second-order valence-corrected chi connectivity index (χ2v) is 7.34. The first-order valence-corrected chi connectivity index (χ1v) is 8.62. The van der Waals surface area contributed by atoms with Crippen LogP contribution in [0.2, 0.25) is 0 Å². The van der Waals surface area contributed by atoms with Gasteiger partial charge in [-0.25, -0.2) is 4.79 Å². The summed E-state index contributed by atoms with van der Waals surface area (Å²) >= 11 is 0. The average molecular weight is 344 g/mol. The predicted octanol–water partition coefficient (Wildman–Crippen LogP) is 3.32. The van der Waals surface area contributed by atoms with E-state index in [1.165, 1.54) is 0 Å². The Morgan fingerprint density at radius 1 is 1.32 bits per heavy atom. The second kappa shape index (κ2) is 7.21. The molecular formula is C18H24N4O3. The van der Waals surface area contributed by atoms with Crippen LogP contribution in [-0.4, -0.2) is 44.8 Å². The van der Waals surface area contributed by atoms with Gasteiger partial charge >= 0.3 is 6.09 Å². The van der Waals surface area contributed by atoms with Gasteiger partial charge in [-0.1, -0.05) is 11.2 Å². The van der Waals surface area contributed by atoms with E-state index < -0.39 is 5.60 Å². The standard InChI is InChI=1S/C18H24N4O3/c1-18(2,3)24-17(23)22-10-7-13(8-11-22)12-15-20-16(21-25-15)14-6-4-5-9-19-14/h4-6,9,13H,7-8,10-12H2,1-3H3. The largest absolute Gasteiger partial charge is 0.444 e. The van der Waals surface area contributed by atoms with Crippen molar-refractivity contribution in [3.05, 3.63) is 30.3 Å². The van der Waals surface area contributed by atoms with E-state index in [0.29, 0.717) is 36.4 Å². The Morgan fingerprint density at radius 2 is 2.08 bits per heavy atom. The van der Waals surface area contributed by atoms with Crippen LogP contribution in [0, 0.1) is 5.92 Å². The molecule has 1 aliphatic heterocycles. The number of likely N-dealkylation sites (tertiary alicyclic amines) is 1. The number of rotatable bonds is 3. The summed E-state index contributed by atoms with van der Waals surface area (Å²) < 4.78 is 10.8. The van der Waals surface area contributed by atoms with Crippen molar-refractivity contribution < 1.29 is 14.1 Å². The lowest BCUT2D eigenvalue weighted by atomic mass is 9.94. The van der Waals surface area contributed by atoms with Crippen LogP contribution in [0.25, 0.3) is 11.5 Å². The number of pyridine rings is 1. The molecule has 0 N–H and O–H groups in total. The van der Waals surface area contributed by atoms with Crippen LogP contribution in [0.1, 0.15) is 39.5 Å². The van der Waals surface area contributed by atoms with E-state index in [2.05, 4.69) is 15.1 Å². The minimum atomic E-state index is -0.459. The number of aromatic nitrogens is 3. The molecular weight excluding hydrogens is 320 g/mol. The Balaban J connectivity index is 1.51. The van der Waals surface area contributed by atoms with Gasteiger partial charge in [0.25, 0.3) is 0 Å². The highest BCUT2D eigenvalue weighted by atomic mass is 16.6. The fourth-order valence-electron chi connectivity index (χ4n) is 2.83. The van der Waals surface area contributed by atoms with Gasteiger partial charge in [-0.2, -0.15) is 4.98 Å². The van der Waals surface area contributed by atoms with E-state index in [4.69, 9.17) is 9.26 Å². The van der Waals surface area contributed by atoms with Crippen LogP contribution in [0.15, 0.2) is 28.9 Å². The second-order valence-electron chi connectivity index (χ2n) is 7.34. The van der Waals surface area contributed by atoms with E-state index in [1.54, 1.807) is 11.1 Å². The molecule has 0 aliphatic carbocycles. The van der Waals surface area contributed by atoms with Crippen LogP contribution >= 0.6 is 0 Å². The summed E-state index contributed by atoms with van der Waals surface area (Å²) in [5, 5.41) is 4.00. The normalized spacial score (nSPS) is 16.0. The van der Waals surface area contributed by atoms with Gasteiger partial charge in [0.05, 0.1) is 0 Å². The van der Waals surface area contributed by atoms with Crippen molar-refractivity contribution in [2.45, 2.75) is 45.6 Å². The summed E-state index contributed by atoms with van der Waals surface area (Å²) in [6.07, 6.45) is 4.00. The highest BCUT2D eigenvalue weighted by Gasteiger charge is 2.27. The first kappa shape index (κ1) is 17.4. The van der Waals surface area contributed by atoms with E-state index in [0.717, 1.165) is 19.3 Å². The molecule has 25 heavy (non-hydrogen) atoms. The summed E-state index contributed by atoms with van der Waals surface area (Å²) in [5.41, 5.74) is 0.247. The molecule has 1 amide bonds. The molecule has 0 aromatic carbocycles. The van der Waals surface area contributed by atoms with Crippen LogP contribution in [0.4, 0.5) is 4.79 Å². The van der Waals surface area contributed by atoms with Gasteiger partial charge in [0.2, 0.25) is 11.7 Å². The topological polar surface area (TPSA) is 81.4 Å². The first-order valence-electron chi connectivity index (χ1n) is 8.62. The quantitative estimate of drug-likeness (QED) is 0.849. The number of carbonyl (C=O) groups is 1. The van der Waals surface area contributed by atoms with Gasteiger partial charge in [-0.05, 0) is 51.7 Å². The lowest BCUT2D eigenvalue weighted by Gasteiger charge is -2.33. The van der Waals surface area contributed by atoms with E-state index in [9.17, 15) is 4.79 Å². The zero-order chi connectivity index (χ0) is 17.9. The van der Waals surface area contributed by atoms with Crippen molar-refractivity contribution in [2.24, 2.45) is 5.92 Å². The zero-order valence-corrected chi connectivity index (χ0v) is 14.9. The van der Waals surface area contributed by atoms with Gasteiger partial charge in [0.15, 0.2) is 0 Å². The van der Waals surface area contributed by atoms with Crippen LogP contribution in [0.5, 0.6) is 0 Å². The minimum absolute atomic E-state index is 0.235. The number of ether oxygens (including phenoxy) is 1. The summed E-state index contributed by atoms with van der Waals surface area (Å²) in [6, 6.07) is 5.60. The van der Waals surface area contributed by atoms with Crippen molar-refractivity contribution in [1.29, 1.82) is 0 Å². The summed E-state index contributed by atoms with van der Waals surface area (Å²) in [5.74, 6) is 1.56. The van der Waals surface area contributed by atoms with E-state index >= 15 is 0 Å². The lowest BCUT2D eigenvalue weighted by molar-refractivity contribution is 0.0182. The van der Waals surface area contributed by atoms with Gasteiger partial charge < -0.3 is 14.2 Å². The Bertz CT molecular complexity index is 701. The van der Waals surface area contributed by atoms with E-state index in [-0.39, 0.29) is 6.09 Å². The number of hydrogen-bond donors (Lipinski definition) is 0. The maximum atomic E-state index is 12.1. The highest BCUT2D eigenvalue weighted by Crippen LogP contribution is 2.23. The molecule has 7 nitrogen and oxygen atoms in total. The predicted molar refractivity (Wildman–Crippen MR) is 91.8 cm³/mol. The number of hydrogen-bond acceptors (Lipinski definition) is 6. The molecule has 3 rings (SSSR count). The minimum Gasteiger partial charge on any atom is -0.444 e. The fraction of sp³-hybridized carbons (Fsp3) is 0.556. The molecule has 0 spiro atoms. The number of amides is 1. The summed E-state index contributed by atoms with van der Waals surface area (Å²) in [4.78, 5) is 22.5. The van der Waals surface area contributed by atoms with Gasteiger partial charge in [0.1, 0.15) is 11.3 Å². The number of nitrogens with zero attached hydrogens (tertiary/aromatic N) is 4. The molecule has 0 unspecified atom stereocenters. The smallest absolute Gasteiger partial charge is 0.410 e. The van der Waals surface area contributed by atoms with E-state index in [1.807, 2.05) is 39.0 Å². The van der Waals surface area contributed by atoms with Crippen molar-refractivity contribution in [3.63, 3.8) is 0 Å². The molecule has 0 bridgehead atoms. The molecule has 0 saturated carbocycles. The maximum absolute atomic E-state index is 12.1. The van der Waals surface area contributed by atoms with Crippen molar-refractivity contribution >= 4 is 6.09 Å². The third kappa shape index (κ3) is 4.78. The van der Waals surface area contributed by atoms with Gasteiger partial charge in [-0.15, -0.1) is 0 Å². The van der Waals surface area contributed by atoms with Crippen molar-refractivity contribution in [3.8, 4) is 11.5 Å². The Labute approximate surface area is 147 Å². The molecule has 1 fully saturated rings.